The normalized spacial score (nSPS) is 31.6. The van der Waals surface area contributed by atoms with Gasteiger partial charge in [-0.25, -0.2) is 0 Å². The van der Waals surface area contributed by atoms with Crippen LogP contribution in [0.2, 0.25) is 5.82 Å². The summed E-state index contributed by atoms with van der Waals surface area (Å²) in [7, 11) is 0. The topological polar surface area (TPSA) is 12.0 Å². The maximum atomic E-state index is 12.0. The first-order chi connectivity index (χ1) is 4.52. The summed E-state index contributed by atoms with van der Waals surface area (Å²) in [5.41, 5.74) is 0. The van der Waals surface area contributed by atoms with E-state index in [0.717, 1.165) is 0 Å². The largest absolute Gasteiger partial charge is 1.00 e. The third-order valence-electron chi connectivity index (χ3n) is 2.06. The fraction of sp³-hybridized carbons (Fsp3) is 1.00. The van der Waals surface area contributed by atoms with Gasteiger partial charge < -0.3 is 18.3 Å². The van der Waals surface area contributed by atoms with Gasteiger partial charge in [0.05, 0.1) is 0 Å². The molecule has 2 atom stereocenters. The smallest absolute Gasteiger partial charge is 0.449 e. The van der Waals surface area contributed by atoms with Gasteiger partial charge in [0, 0.05) is 0 Å². The van der Waals surface area contributed by atoms with Crippen molar-refractivity contribution in [1.29, 1.82) is 0 Å². The number of nitrogens with one attached hydrogen (secondary N) is 1. The molecule has 0 amide bonds. The Morgan fingerprint density at radius 1 is 1.27 bits per heavy atom. The molecule has 0 aromatic carbocycles. The Morgan fingerprint density at radius 2 is 1.82 bits per heavy atom. The molecule has 1 rings (SSSR count). The minimum Gasteiger partial charge on any atom is -0.449 e. The minimum atomic E-state index is -4.61. The molecule has 1 heterocycles. The molecule has 6 heteroatoms. The average molecular weight is 191 g/mol. The van der Waals surface area contributed by atoms with Gasteiger partial charge in [0.1, 0.15) is 0 Å². The molecule has 0 saturated carbocycles. The van der Waals surface area contributed by atoms with E-state index in [0.29, 0.717) is 6.54 Å². The van der Waals surface area contributed by atoms with E-state index in [1.807, 2.05) is 0 Å². The van der Waals surface area contributed by atoms with Crippen LogP contribution in [0.4, 0.5) is 12.9 Å². The Labute approximate surface area is 107 Å². The molecule has 0 radical (unpaired) electrons. The van der Waals surface area contributed by atoms with E-state index < -0.39 is 12.8 Å². The summed E-state index contributed by atoms with van der Waals surface area (Å²) >= 11 is 0. The zero-order valence-corrected chi connectivity index (χ0v) is 9.90. The molecular weight excluding hydrogens is 181 g/mol. The molecule has 1 N–H and O–H groups in total. The molecule has 0 unspecified atom stereocenters. The van der Waals surface area contributed by atoms with E-state index >= 15 is 0 Å². The van der Waals surface area contributed by atoms with Crippen LogP contribution in [-0.4, -0.2) is 20.1 Å². The van der Waals surface area contributed by atoms with Crippen molar-refractivity contribution in [2.45, 2.75) is 12.7 Å². The second kappa shape index (κ2) is 4.62. The first-order valence-corrected chi connectivity index (χ1v) is 3.42. The summed E-state index contributed by atoms with van der Waals surface area (Å²) in [6, 6.07) is 0. The van der Waals surface area contributed by atoms with Gasteiger partial charge in [-0.3, -0.25) is 0 Å². The van der Waals surface area contributed by atoms with Crippen molar-refractivity contribution in [2.75, 3.05) is 13.1 Å². The monoisotopic (exact) mass is 191 g/mol. The molecule has 0 aromatic rings. The van der Waals surface area contributed by atoms with Gasteiger partial charge in [-0.1, -0.05) is 18.7 Å². The quantitative estimate of drug-likeness (QED) is 0.494. The van der Waals surface area contributed by atoms with E-state index in [9.17, 15) is 12.9 Å². The maximum absolute atomic E-state index is 12.0. The molecule has 1 nitrogen and oxygen atoms in total. The predicted molar refractivity (Wildman–Crippen MR) is 34.9 cm³/mol. The summed E-state index contributed by atoms with van der Waals surface area (Å²) in [6.45, 7) is -2.35. The number of rotatable bonds is 1. The van der Waals surface area contributed by atoms with E-state index in [1.54, 1.807) is 6.92 Å². The first-order valence-electron chi connectivity index (χ1n) is 3.42. The molecule has 60 valence electrons. The molecule has 0 aromatic heterocycles. The molecule has 1 aliphatic heterocycles. The number of halogens is 3. The Kier molecular flexibility index (Phi) is 5.23. The van der Waals surface area contributed by atoms with Crippen LogP contribution in [0, 0.1) is 5.92 Å². The van der Waals surface area contributed by atoms with Crippen molar-refractivity contribution in [3.8, 4) is 0 Å². The summed E-state index contributed by atoms with van der Waals surface area (Å²) in [5.74, 6) is -1.31. The van der Waals surface area contributed by atoms with Crippen molar-refractivity contribution in [3.05, 3.63) is 0 Å². The Hall–Kier alpha value is 1.45. The van der Waals surface area contributed by atoms with Gasteiger partial charge in [-0.05, 0) is 13.1 Å². The third kappa shape index (κ3) is 3.36. The molecule has 11 heavy (non-hydrogen) atoms. The summed E-state index contributed by atoms with van der Waals surface area (Å²) < 4.78 is 36.1. The van der Waals surface area contributed by atoms with Crippen molar-refractivity contribution in [2.24, 2.45) is 5.92 Å². The minimum absolute atomic E-state index is 0. The third-order valence-corrected chi connectivity index (χ3v) is 2.06. The zero-order chi connectivity index (χ0) is 7.78. The first kappa shape index (κ1) is 12.5. The van der Waals surface area contributed by atoms with Crippen molar-refractivity contribution in [3.63, 3.8) is 0 Å². The summed E-state index contributed by atoms with van der Waals surface area (Å²) in [4.78, 5) is 0. The fourth-order valence-electron chi connectivity index (χ4n) is 1.34. The number of hydrogen-bond donors (Lipinski definition) is 1. The van der Waals surface area contributed by atoms with Crippen LogP contribution in [-0.2, 0) is 0 Å². The van der Waals surface area contributed by atoms with E-state index in [4.69, 9.17) is 0 Å². The summed E-state index contributed by atoms with van der Waals surface area (Å²) in [6.07, 6.45) is 0. The van der Waals surface area contributed by atoms with Gasteiger partial charge in [-0.15, -0.1) is 0 Å². The van der Waals surface area contributed by atoms with Gasteiger partial charge in [0.15, 0.2) is 0 Å². The van der Waals surface area contributed by atoms with Crippen LogP contribution >= 0.6 is 0 Å². The van der Waals surface area contributed by atoms with E-state index in [-0.39, 0.29) is 63.8 Å². The Bertz CT molecular complexity index is 129. The molecule has 0 spiro atoms. The SMILES string of the molecule is C[C@@H]1CNC[C@H]1[B-](F)(F)F.[K+]. The fourth-order valence-corrected chi connectivity index (χ4v) is 1.34. The van der Waals surface area contributed by atoms with Crippen LogP contribution in [0.3, 0.4) is 0 Å². The Morgan fingerprint density at radius 3 is 2.00 bits per heavy atom. The standard InChI is InChI=1S/C5H10BF3N.K/c1-4-2-10-3-5(4)6(7,8)9;/h4-5,10H,2-3H2,1H3;/q-1;+1/t4-,5-;/m1./s1. The van der Waals surface area contributed by atoms with Crippen molar-refractivity contribution >= 4 is 6.98 Å². The molecule has 1 fully saturated rings. The van der Waals surface area contributed by atoms with Gasteiger partial charge in [0.25, 0.3) is 0 Å². The van der Waals surface area contributed by atoms with E-state index in [2.05, 4.69) is 5.32 Å². The second-order valence-corrected chi connectivity index (χ2v) is 2.92. The van der Waals surface area contributed by atoms with Crippen LogP contribution < -0.4 is 56.7 Å². The van der Waals surface area contributed by atoms with Crippen LogP contribution in [0.5, 0.6) is 0 Å². The maximum Gasteiger partial charge on any atom is 1.00 e. The van der Waals surface area contributed by atoms with Crippen molar-refractivity contribution < 1.29 is 64.3 Å². The van der Waals surface area contributed by atoms with Crippen molar-refractivity contribution in [1.82, 2.24) is 5.32 Å². The number of hydrogen-bond acceptors (Lipinski definition) is 1. The van der Waals surface area contributed by atoms with Crippen LogP contribution in [0.1, 0.15) is 6.92 Å². The molecule has 0 aliphatic carbocycles. The second-order valence-electron chi connectivity index (χ2n) is 2.92. The molecule has 1 saturated heterocycles. The molecular formula is C5H10BF3KN. The molecule has 0 bridgehead atoms. The predicted octanol–water partition coefficient (Wildman–Crippen LogP) is -1.55. The van der Waals surface area contributed by atoms with Gasteiger partial charge in [-0.2, -0.15) is 0 Å². The zero-order valence-electron chi connectivity index (χ0n) is 6.78. The summed E-state index contributed by atoms with van der Waals surface area (Å²) in [5, 5.41) is 2.72. The van der Waals surface area contributed by atoms with Crippen LogP contribution in [0.25, 0.3) is 0 Å². The molecule has 1 aliphatic rings. The van der Waals surface area contributed by atoms with Gasteiger partial charge in [0.2, 0.25) is 0 Å². The van der Waals surface area contributed by atoms with E-state index in [1.165, 1.54) is 0 Å². The average Bonchev–Trinajstić information content (AvgIpc) is 2.11. The van der Waals surface area contributed by atoms with Gasteiger partial charge >= 0.3 is 58.4 Å². The Balaban J connectivity index is 0.000001000. The van der Waals surface area contributed by atoms with Crippen LogP contribution in [0.15, 0.2) is 0 Å².